The molecule has 0 bridgehead atoms. The van der Waals surface area contributed by atoms with Crippen LogP contribution in [0.3, 0.4) is 0 Å². The van der Waals surface area contributed by atoms with Crippen LogP contribution in [0.1, 0.15) is 26.2 Å². The van der Waals surface area contributed by atoms with Crippen molar-refractivity contribution < 1.29 is 0 Å². The maximum absolute atomic E-state index is 3.32. The molecule has 0 aromatic rings. The van der Waals surface area contributed by atoms with Gasteiger partial charge in [0, 0.05) is 19.6 Å². The molecule has 2 heteroatoms. The molecule has 0 unspecified atom stereocenters. The number of nitrogens with zero attached hydrogens (tertiary/aromatic N) is 1. The van der Waals surface area contributed by atoms with Crippen molar-refractivity contribution in [1.29, 1.82) is 0 Å². The van der Waals surface area contributed by atoms with E-state index < -0.39 is 0 Å². The molecule has 2 nitrogen and oxygen atoms in total. The van der Waals surface area contributed by atoms with E-state index in [9.17, 15) is 0 Å². The molecule has 1 aliphatic rings. The molecule has 1 fully saturated rings. The summed E-state index contributed by atoms with van der Waals surface area (Å²) in [6.07, 6.45) is 4.15. The van der Waals surface area contributed by atoms with Crippen molar-refractivity contribution in [3.05, 3.63) is 0 Å². The van der Waals surface area contributed by atoms with Crippen LogP contribution in [0.2, 0.25) is 0 Å². The summed E-state index contributed by atoms with van der Waals surface area (Å²) in [6, 6.07) is 0. The number of piperidine rings is 1. The van der Waals surface area contributed by atoms with Gasteiger partial charge in [0.2, 0.25) is 0 Å². The lowest BCUT2D eigenvalue weighted by Gasteiger charge is -2.26. The van der Waals surface area contributed by atoms with Gasteiger partial charge < -0.3 is 0 Å². The third-order valence-corrected chi connectivity index (χ3v) is 1.74. The minimum absolute atomic E-state index is 1.07. The Hall–Kier alpha value is -0.0800. The van der Waals surface area contributed by atoms with E-state index in [4.69, 9.17) is 0 Å². The first-order chi connectivity index (χ1) is 4.43. The number of nitrogens with one attached hydrogen (secondary N) is 1. The van der Waals surface area contributed by atoms with Crippen LogP contribution in [0.15, 0.2) is 0 Å². The summed E-state index contributed by atoms with van der Waals surface area (Å²) in [7, 11) is 0. The molecule has 0 radical (unpaired) electrons. The van der Waals surface area contributed by atoms with Crippen molar-refractivity contribution in [3.63, 3.8) is 0 Å². The third kappa shape index (κ3) is 2.33. The number of hydrogen-bond acceptors (Lipinski definition) is 2. The van der Waals surface area contributed by atoms with E-state index in [1.165, 1.54) is 32.4 Å². The molecule has 0 amide bonds. The molecular formula is C7H16N2. The van der Waals surface area contributed by atoms with E-state index in [1.807, 2.05) is 0 Å². The van der Waals surface area contributed by atoms with Gasteiger partial charge in [-0.2, -0.15) is 0 Å². The fourth-order valence-corrected chi connectivity index (χ4v) is 1.28. The lowest BCUT2D eigenvalue weighted by Crippen LogP contribution is -2.41. The lowest BCUT2D eigenvalue weighted by molar-refractivity contribution is 0.158. The predicted molar refractivity (Wildman–Crippen MR) is 39.1 cm³/mol. The Kier molecular flexibility index (Phi) is 3.01. The summed E-state index contributed by atoms with van der Waals surface area (Å²) in [4.78, 5) is 0. The molecule has 0 spiro atoms. The van der Waals surface area contributed by atoms with Crippen LogP contribution in [0.4, 0.5) is 0 Å². The van der Waals surface area contributed by atoms with Crippen molar-refractivity contribution in [3.8, 4) is 0 Å². The van der Waals surface area contributed by atoms with Gasteiger partial charge in [-0.1, -0.05) is 13.3 Å². The molecule has 0 aliphatic carbocycles. The molecule has 0 aromatic carbocycles. The largest absolute Gasteiger partial charge is 0.255 e. The molecule has 54 valence electrons. The van der Waals surface area contributed by atoms with E-state index in [0.29, 0.717) is 0 Å². The fourth-order valence-electron chi connectivity index (χ4n) is 1.28. The fraction of sp³-hybridized carbons (Fsp3) is 1.00. The quantitative estimate of drug-likeness (QED) is 0.596. The van der Waals surface area contributed by atoms with Crippen LogP contribution in [0.5, 0.6) is 0 Å². The standard InChI is InChI=1S/C7H16N2/c1-2-8-9-6-4-3-5-7-9/h8H,2-7H2,1H3. The molecule has 1 rings (SSSR count). The molecule has 1 heterocycles. The van der Waals surface area contributed by atoms with Gasteiger partial charge in [0.25, 0.3) is 0 Å². The molecule has 1 aliphatic heterocycles. The minimum atomic E-state index is 1.07. The maximum atomic E-state index is 3.32. The van der Waals surface area contributed by atoms with Gasteiger partial charge in [0.05, 0.1) is 0 Å². The van der Waals surface area contributed by atoms with Gasteiger partial charge in [-0.15, -0.1) is 0 Å². The van der Waals surface area contributed by atoms with Gasteiger partial charge in [0.1, 0.15) is 0 Å². The molecule has 9 heavy (non-hydrogen) atoms. The zero-order valence-corrected chi connectivity index (χ0v) is 6.19. The van der Waals surface area contributed by atoms with Crippen LogP contribution < -0.4 is 5.43 Å². The molecule has 0 atom stereocenters. The van der Waals surface area contributed by atoms with Gasteiger partial charge in [0.15, 0.2) is 0 Å². The van der Waals surface area contributed by atoms with Crippen molar-refractivity contribution in [1.82, 2.24) is 10.4 Å². The predicted octanol–water partition coefficient (Wildman–Crippen LogP) is 0.997. The summed E-state index contributed by atoms with van der Waals surface area (Å²) in [5, 5.41) is 2.32. The number of rotatable bonds is 2. The highest BCUT2D eigenvalue weighted by molar-refractivity contribution is 4.59. The second kappa shape index (κ2) is 3.85. The Balaban J connectivity index is 2.08. The number of hydrogen-bond donors (Lipinski definition) is 1. The maximum Gasteiger partial charge on any atom is 0.0130 e. The molecule has 1 N–H and O–H groups in total. The van der Waals surface area contributed by atoms with Crippen molar-refractivity contribution in [2.75, 3.05) is 19.6 Å². The van der Waals surface area contributed by atoms with Crippen LogP contribution >= 0.6 is 0 Å². The van der Waals surface area contributed by atoms with Gasteiger partial charge >= 0.3 is 0 Å². The average Bonchev–Trinajstić information content (AvgIpc) is 1.91. The Morgan fingerprint density at radius 1 is 1.22 bits per heavy atom. The summed E-state index contributed by atoms with van der Waals surface area (Å²) in [5.41, 5.74) is 3.32. The second-order valence-electron chi connectivity index (χ2n) is 2.56. The third-order valence-electron chi connectivity index (χ3n) is 1.74. The first kappa shape index (κ1) is 7.03. The molecular weight excluding hydrogens is 112 g/mol. The van der Waals surface area contributed by atoms with Gasteiger partial charge in [-0.3, -0.25) is 5.43 Å². The summed E-state index contributed by atoms with van der Waals surface area (Å²) in [5.74, 6) is 0. The van der Waals surface area contributed by atoms with Crippen molar-refractivity contribution in [2.24, 2.45) is 0 Å². The van der Waals surface area contributed by atoms with E-state index in [2.05, 4.69) is 17.4 Å². The zero-order valence-electron chi connectivity index (χ0n) is 6.19. The topological polar surface area (TPSA) is 15.3 Å². The van der Waals surface area contributed by atoms with E-state index in [0.717, 1.165) is 6.54 Å². The summed E-state index contributed by atoms with van der Waals surface area (Å²) < 4.78 is 0. The first-order valence-corrected chi connectivity index (χ1v) is 3.92. The molecule has 0 aromatic heterocycles. The highest BCUT2D eigenvalue weighted by Gasteiger charge is 2.06. The van der Waals surface area contributed by atoms with Gasteiger partial charge in [-0.25, -0.2) is 5.01 Å². The molecule has 1 saturated heterocycles. The van der Waals surface area contributed by atoms with E-state index in [1.54, 1.807) is 0 Å². The van der Waals surface area contributed by atoms with Crippen LogP contribution in [0.25, 0.3) is 0 Å². The SMILES string of the molecule is CCNN1CCCCC1. The first-order valence-electron chi connectivity index (χ1n) is 3.92. The highest BCUT2D eigenvalue weighted by Crippen LogP contribution is 2.04. The van der Waals surface area contributed by atoms with Crippen LogP contribution in [-0.2, 0) is 0 Å². The smallest absolute Gasteiger partial charge is 0.0130 e. The summed E-state index contributed by atoms with van der Waals surface area (Å²) >= 11 is 0. The van der Waals surface area contributed by atoms with Crippen molar-refractivity contribution in [2.45, 2.75) is 26.2 Å². The second-order valence-corrected chi connectivity index (χ2v) is 2.56. The Morgan fingerprint density at radius 2 is 1.89 bits per heavy atom. The summed E-state index contributed by atoms with van der Waals surface area (Å²) in [6.45, 7) is 5.70. The van der Waals surface area contributed by atoms with Crippen LogP contribution in [0, 0.1) is 0 Å². The highest BCUT2D eigenvalue weighted by atomic mass is 15.5. The van der Waals surface area contributed by atoms with Gasteiger partial charge in [-0.05, 0) is 12.8 Å². The molecule has 0 saturated carbocycles. The number of hydrazine groups is 1. The normalized spacial score (nSPS) is 22.3. The minimum Gasteiger partial charge on any atom is -0.255 e. The Morgan fingerprint density at radius 3 is 2.44 bits per heavy atom. The van der Waals surface area contributed by atoms with Crippen LogP contribution in [-0.4, -0.2) is 24.6 Å². The average molecular weight is 128 g/mol. The monoisotopic (exact) mass is 128 g/mol. The van der Waals surface area contributed by atoms with E-state index in [-0.39, 0.29) is 0 Å². The Labute approximate surface area is 57.2 Å². The lowest BCUT2D eigenvalue weighted by atomic mass is 10.2. The Bertz CT molecular complexity index is 64.6. The zero-order chi connectivity index (χ0) is 6.53. The van der Waals surface area contributed by atoms with E-state index >= 15 is 0 Å². The van der Waals surface area contributed by atoms with Crippen molar-refractivity contribution >= 4 is 0 Å².